The molecule has 1 aromatic heterocycles. The van der Waals surface area contributed by atoms with Gasteiger partial charge in [0.15, 0.2) is 0 Å². The van der Waals surface area contributed by atoms with Crippen LogP contribution >= 0.6 is 22.9 Å². The van der Waals surface area contributed by atoms with Crippen LogP contribution in [0.1, 0.15) is 9.75 Å². The van der Waals surface area contributed by atoms with Gasteiger partial charge >= 0.3 is 0 Å². The zero-order valence-electron chi connectivity index (χ0n) is 5.86. The molecule has 1 aromatic rings. The fourth-order valence-electron chi connectivity index (χ4n) is 0.690. The van der Waals surface area contributed by atoms with Gasteiger partial charge in [0.25, 0.3) is 0 Å². The maximum atomic E-state index is 5.60. The fraction of sp³-hybridized carbons (Fsp3) is 0.250. The Balaban J connectivity index is 2.85. The van der Waals surface area contributed by atoms with Crippen LogP contribution in [0.15, 0.2) is 18.7 Å². The van der Waals surface area contributed by atoms with E-state index in [9.17, 15) is 0 Å². The Morgan fingerprint density at radius 2 is 2.40 bits per heavy atom. The number of halogens is 1. The van der Waals surface area contributed by atoms with Gasteiger partial charge in [-0.15, -0.1) is 22.9 Å². The van der Waals surface area contributed by atoms with Crippen LogP contribution in [0.5, 0.6) is 0 Å². The van der Waals surface area contributed by atoms with Crippen molar-refractivity contribution in [2.24, 2.45) is 0 Å². The molecule has 1 heterocycles. The van der Waals surface area contributed by atoms with Crippen molar-refractivity contribution in [3.05, 3.63) is 28.5 Å². The molecule has 0 nitrogen and oxygen atoms in total. The number of rotatable bonds is 2. The summed E-state index contributed by atoms with van der Waals surface area (Å²) in [6, 6.07) is 4.14. The molecule has 1 rings (SSSR count). The minimum absolute atomic E-state index is 0.528. The number of aryl methyl sites for hydroxylation is 1. The molecule has 0 aromatic carbocycles. The van der Waals surface area contributed by atoms with Gasteiger partial charge in [-0.25, -0.2) is 0 Å². The average Bonchev–Trinajstić information content (AvgIpc) is 2.34. The Morgan fingerprint density at radius 1 is 1.70 bits per heavy atom. The summed E-state index contributed by atoms with van der Waals surface area (Å²) in [5.74, 6) is 0.528. The van der Waals surface area contributed by atoms with Crippen LogP contribution < -0.4 is 0 Å². The predicted octanol–water partition coefficient (Wildman–Crippen LogP) is 3.31. The number of allylic oxidation sites excluding steroid dienone is 1. The third kappa shape index (κ3) is 1.61. The van der Waals surface area contributed by atoms with Gasteiger partial charge in [-0.05, 0) is 24.6 Å². The molecule has 0 radical (unpaired) electrons. The number of hydrogen-bond donors (Lipinski definition) is 0. The number of hydrogen-bond acceptors (Lipinski definition) is 1. The first-order valence-corrected chi connectivity index (χ1v) is 4.39. The van der Waals surface area contributed by atoms with Gasteiger partial charge in [0.2, 0.25) is 0 Å². The summed E-state index contributed by atoms with van der Waals surface area (Å²) in [5, 5.41) is 0. The lowest BCUT2D eigenvalue weighted by molar-refractivity contribution is 1.64. The van der Waals surface area contributed by atoms with Crippen LogP contribution in [-0.4, -0.2) is 5.88 Å². The lowest BCUT2D eigenvalue weighted by Gasteiger charge is -1.92. The third-order valence-corrected chi connectivity index (χ3v) is 2.68. The monoisotopic (exact) mass is 172 g/mol. The molecule has 0 atom stereocenters. The molecule has 10 heavy (non-hydrogen) atoms. The predicted molar refractivity (Wildman–Crippen MR) is 48.8 cm³/mol. The Morgan fingerprint density at radius 3 is 2.80 bits per heavy atom. The summed E-state index contributed by atoms with van der Waals surface area (Å²) in [5.41, 5.74) is 1.01. The van der Waals surface area contributed by atoms with E-state index in [0.29, 0.717) is 5.88 Å². The highest BCUT2D eigenvalue weighted by molar-refractivity contribution is 7.13. The van der Waals surface area contributed by atoms with E-state index < -0.39 is 0 Å². The van der Waals surface area contributed by atoms with E-state index in [0.717, 1.165) is 5.57 Å². The van der Waals surface area contributed by atoms with Gasteiger partial charge in [-0.1, -0.05) is 6.58 Å². The van der Waals surface area contributed by atoms with Gasteiger partial charge in [0.05, 0.1) is 0 Å². The van der Waals surface area contributed by atoms with Crippen molar-refractivity contribution in [3.63, 3.8) is 0 Å². The van der Waals surface area contributed by atoms with E-state index in [-0.39, 0.29) is 0 Å². The summed E-state index contributed by atoms with van der Waals surface area (Å²) in [6.07, 6.45) is 0. The normalized spacial score (nSPS) is 9.80. The first-order chi connectivity index (χ1) is 4.74. The van der Waals surface area contributed by atoms with Gasteiger partial charge in [0, 0.05) is 15.6 Å². The van der Waals surface area contributed by atoms with E-state index in [1.54, 1.807) is 11.3 Å². The van der Waals surface area contributed by atoms with Crippen LogP contribution in [0.2, 0.25) is 0 Å². The minimum atomic E-state index is 0.528. The molecule has 0 fully saturated rings. The van der Waals surface area contributed by atoms with Crippen molar-refractivity contribution in [1.29, 1.82) is 0 Å². The largest absolute Gasteiger partial charge is 0.141 e. The quantitative estimate of drug-likeness (QED) is 0.601. The first kappa shape index (κ1) is 7.83. The van der Waals surface area contributed by atoms with Crippen molar-refractivity contribution < 1.29 is 0 Å². The smallest absolute Gasteiger partial charge is 0.0482 e. The highest BCUT2D eigenvalue weighted by Gasteiger charge is 1.98. The highest BCUT2D eigenvalue weighted by Crippen LogP contribution is 2.22. The third-order valence-electron chi connectivity index (χ3n) is 1.25. The average molecular weight is 173 g/mol. The van der Waals surface area contributed by atoms with Crippen molar-refractivity contribution in [3.8, 4) is 0 Å². The van der Waals surface area contributed by atoms with Crippen molar-refractivity contribution in [2.75, 3.05) is 5.88 Å². The van der Waals surface area contributed by atoms with Gasteiger partial charge in [-0.2, -0.15) is 0 Å². The summed E-state index contributed by atoms with van der Waals surface area (Å²) < 4.78 is 0. The van der Waals surface area contributed by atoms with E-state index in [1.165, 1.54) is 9.75 Å². The zero-order chi connectivity index (χ0) is 7.56. The fourth-order valence-corrected chi connectivity index (χ4v) is 1.75. The standard InChI is InChI=1S/C8H9ClS/c1-6(5-9)8-4-3-7(2)10-8/h3-4H,1,5H2,2H3. The van der Waals surface area contributed by atoms with Crippen molar-refractivity contribution >= 4 is 28.5 Å². The molecule has 0 bridgehead atoms. The van der Waals surface area contributed by atoms with Crippen LogP contribution in [0.25, 0.3) is 5.57 Å². The molecule has 0 saturated heterocycles. The van der Waals surface area contributed by atoms with Crippen molar-refractivity contribution in [1.82, 2.24) is 0 Å². The summed E-state index contributed by atoms with van der Waals surface area (Å²) in [7, 11) is 0. The van der Waals surface area contributed by atoms with E-state index in [4.69, 9.17) is 11.6 Å². The molecule has 54 valence electrons. The Bertz CT molecular complexity index is 237. The lowest BCUT2D eigenvalue weighted by atomic mass is 10.3. The topological polar surface area (TPSA) is 0 Å². The van der Waals surface area contributed by atoms with Crippen molar-refractivity contribution in [2.45, 2.75) is 6.92 Å². The van der Waals surface area contributed by atoms with Crippen LogP contribution in [-0.2, 0) is 0 Å². The maximum absolute atomic E-state index is 5.60. The SMILES string of the molecule is C=C(CCl)c1ccc(C)s1. The highest BCUT2D eigenvalue weighted by atomic mass is 35.5. The zero-order valence-corrected chi connectivity index (χ0v) is 7.43. The Kier molecular flexibility index (Phi) is 2.52. The molecule has 0 N–H and O–H groups in total. The molecular weight excluding hydrogens is 164 g/mol. The first-order valence-electron chi connectivity index (χ1n) is 3.04. The summed E-state index contributed by atoms with van der Waals surface area (Å²) in [6.45, 7) is 5.91. The van der Waals surface area contributed by atoms with Crippen LogP contribution in [0.3, 0.4) is 0 Å². The molecule has 0 unspecified atom stereocenters. The second-order valence-electron chi connectivity index (χ2n) is 2.15. The summed E-state index contributed by atoms with van der Waals surface area (Å²) >= 11 is 7.34. The molecule has 0 aliphatic carbocycles. The minimum Gasteiger partial charge on any atom is -0.141 e. The lowest BCUT2D eigenvalue weighted by Crippen LogP contribution is -1.75. The molecule has 0 amide bonds. The number of thiophene rings is 1. The van der Waals surface area contributed by atoms with E-state index in [2.05, 4.69) is 25.6 Å². The van der Waals surface area contributed by atoms with E-state index in [1.807, 2.05) is 0 Å². The summed E-state index contributed by atoms with van der Waals surface area (Å²) in [4.78, 5) is 2.51. The molecule has 0 spiro atoms. The van der Waals surface area contributed by atoms with Crippen LogP contribution in [0.4, 0.5) is 0 Å². The maximum Gasteiger partial charge on any atom is 0.0482 e. The second kappa shape index (κ2) is 3.22. The molecule has 2 heteroatoms. The van der Waals surface area contributed by atoms with Crippen LogP contribution in [0, 0.1) is 6.92 Å². The number of alkyl halides is 1. The Hall–Kier alpha value is -0.270. The molecule has 0 aliphatic rings. The molecular formula is C8H9ClS. The van der Waals surface area contributed by atoms with Gasteiger partial charge in [0.1, 0.15) is 0 Å². The van der Waals surface area contributed by atoms with Gasteiger partial charge in [-0.3, -0.25) is 0 Å². The second-order valence-corrected chi connectivity index (χ2v) is 3.70. The molecule has 0 saturated carbocycles. The van der Waals surface area contributed by atoms with Gasteiger partial charge < -0.3 is 0 Å². The Labute approximate surface area is 70.1 Å². The van der Waals surface area contributed by atoms with E-state index >= 15 is 0 Å². The molecule has 0 aliphatic heterocycles.